The number of pyridine rings is 1. The monoisotopic (exact) mass is 191 g/mol. The summed E-state index contributed by atoms with van der Waals surface area (Å²) in [7, 11) is 0. The van der Waals surface area contributed by atoms with Gasteiger partial charge in [-0.1, -0.05) is 12.1 Å². The van der Waals surface area contributed by atoms with Crippen LogP contribution in [0.5, 0.6) is 0 Å². The van der Waals surface area contributed by atoms with Gasteiger partial charge in [-0.2, -0.15) is 0 Å². The van der Waals surface area contributed by atoms with Gasteiger partial charge in [-0.25, -0.2) is 4.39 Å². The van der Waals surface area contributed by atoms with Crippen molar-refractivity contribution < 1.29 is 4.39 Å². The van der Waals surface area contributed by atoms with E-state index < -0.39 is 0 Å². The summed E-state index contributed by atoms with van der Waals surface area (Å²) in [6.07, 6.45) is 0. The lowest BCUT2D eigenvalue weighted by atomic mass is 10.1. The summed E-state index contributed by atoms with van der Waals surface area (Å²) >= 11 is 0. The molecule has 0 aliphatic carbocycles. The summed E-state index contributed by atoms with van der Waals surface area (Å²) in [6.45, 7) is 3.40. The average Bonchev–Trinajstić information content (AvgIpc) is 2.14. The maximum Gasteiger partial charge on any atom is 0.251 e. The van der Waals surface area contributed by atoms with Gasteiger partial charge < -0.3 is 4.98 Å². The molecule has 0 aliphatic heterocycles. The standard InChI is InChI=1S/C11H10FNO/c1-6-10-8(4-3-5-9(10)12)7(2)13-11(6)14/h3-5H,1-2H3,(H,13,14). The van der Waals surface area contributed by atoms with E-state index in [0.717, 1.165) is 5.39 Å². The maximum atomic E-state index is 13.5. The van der Waals surface area contributed by atoms with Crippen LogP contribution in [0.25, 0.3) is 10.8 Å². The molecule has 2 rings (SSSR count). The molecular weight excluding hydrogens is 181 g/mol. The second-order valence-electron chi connectivity index (χ2n) is 3.37. The van der Waals surface area contributed by atoms with Crippen LogP contribution >= 0.6 is 0 Å². The molecule has 1 aromatic heterocycles. The van der Waals surface area contributed by atoms with E-state index in [1.54, 1.807) is 26.0 Å². The Kier molecular flexibility index (Phi) is 1.88. The highest BCUT2D eigenvalue weighted by Gasteiger charge is 2.08. The normalized spacial score (nSPS) is 10.8. The van der Waals surface area contributed by atoms with Gasteiger partial charge in [-0.3, -0.25) is 4.79 Å². The number of rotatable bonds is 0. The van der Waals surface area contributed by atoms with Crippen molar-refractivity contribution in [1.29, 1.82) is 0 Å². The minimum absolute atomic E-state index is 0.222. The molecule has 14 heavy (non-hydrogen) atoms. The molecule has 0 unspecified atom stereocenters. The number of hydrogen-bond donors (Lipinski definition) is 1. The Hall–Kier alpha value is -1.64. The van der Waals surface area contributed by atoms with Gasteiger partial charge in [-0.15, -0.1) is 0 Å². The Balaban J connectivity index is 3.11. The molecule has 0 saturated carbocycles. The first-order valence-electron chi connectivity index (χ1n) is 4.39. The zero-order valence-corrected chi connectivity index (χ0v) is 8.02. The van der Waals surface area contributed by atoms with Crippen molar-refractivity contribution in [3.8, 4) is 0 Å². The van der Waals surface area contributed by atoms with Gasteiger partial charge in [0.05, 0.1) is 0 Å². The zero-order valence-electron chi connectivity index (χ0n) is 8.02. The molecule has 1 heterocycles. The number of nitrogens with one attached hydrogen (secondary N) is 1. The highest BCUT2D eigenvalue weighted by Crippen LogP contribution is 2.20. The third-order valence-electron chi connectivity index (χ3n) is 2.43. The number of aryl methyl sites for hydroxylation is 2. The first-order valence-corrected chi connectivity index (χ1v) is 4.39. The van der Waals surface area contributed by atoms with E-state index in [0.29, 0.717) is 16.6 Å². The number of hydrogen-bond acceptors (Lipinski definition) is 1. The quantitative estimate of drug-likeness (QED) is 0.680. The molecule has 0 atom stereocenters. The van der Waals surface area contributed by atoms with Crippen LogP contribution in [0.4, 0.5) is 4.39 Å². The van der Waals surface area contributed by atoms with E-state index in [9.17, 15) is 9.18 Å². The Morgan fingerprint density at radius 3 is 2.71 bits per heavy atom. The first kappa shape index (κ1) is 8.94. The van der Waals surface area contributed by atoms with Crippen LogP contribution in [-0.2, 0) is 0 Å². The van der Waals surface area contributed by atoms with Crippen LogP contribution in [0.15, 0.2) is 23.0 Å². The fraction of sp³-hybridized carbons (Fsp3) is 0.182. The van der Waals surface area contributed by atoms with E-state index in [1.807, 2.05) is 0 Å². The molecule has 0 fully saturated rings. The number of fused-ring (bicyclic) bond motifs is 1. The van der Waals surface area contributed by atoms with Crippen LogP contribution < -0.4 is 5.56 Å². The Morgan fingerprint density at radius 2 is 2.00 bits per heavy atom. The Morgan fingerprint density at radius 1 is 1.29 bits per heavy atom. The second kappa shape index (κ2) is 2.94. The molecule has 0 spiro atoms. The van der Waals surface area contributed by atoms with Crippen molar-refractivity contribution in [3.05, 3.63) is 45.6 Å². The van der Waals surface area contributed by atoms with Crippen LogP contribution in [0, 0.1) is 19.7 Å². The van der Waals surface area contributed by atoms with Crippen molar-refractivity contribution >= 4 is 10.8 Å². The zero-order chi connectivity index (χ0) is 10.3. The first-order chi connectivity index (χ1) is 6.61. The van der Waals surface area contributed by atoms with Gasteiger partial charge in [0.25, 0.3) is 5.56 Å². The molecule has 0 aliphatic rings. The Labute approximate surface area is 80.4 Å². The lowest BCUT2D eigenvalue weighted by molar-refractivity contribution is 0.639. The minimum atomic E-state index is -0.339. The van der Waals surface area contributed by atoms with E-state index >= 15 is 0 Å². The molecule has 1 aromatic carbocycles. The van der Waals surface area contributed by atoms with Crippen molar-refractivity contribution in [2.45, 2.75) is 13.8 Å². The number of aromatic amines is 1. The number of aromatic nitrogens is 1. The van der Waals surface area contributed by atoms with Gasteiger partial charge in [0.1, 0.15) is 5.82 Å². The maximum absolute atomic E-state index is 13.5. The fourth-order valence-electron chi connectivity index (χ4n) is 1.66. The van der Waals surface area contributed by atoms with Gasteiger partial charge in [-0.05, 0) is 19.9 Å². The number of halogens is 1. The SMILES string of the molecule is Cc1[nH]c(=O)c(C)c2c(F)cccc12. The van der Waals surface area contributed by atoms with E-state index in [-0.39, 0.29) is 11.4 Å². The van der Waals surface area contributed by atoms with Gasteiger partial charge in [0.15, 0.2) is 0 Å². The highest BCUT2D eigenvalue weighted by molar-refractivity contribution is 5.87. The predicted molar refractivity (Wildman–Crippen MR) is 54.0 cm³/mol. The summed E-state index contributed by atoms with van der Waals surface area (Å²) in [6, 6.07) is 4.81. The molecule has 0 bridgehead atoms. The predicted octanol–water partition coefficient (Wildman–Crippen LogP) is 2.28. The van der Waals surface area contributed by atoms with E-state index in [2.05, 4.69) is 4.98 Å². The van der Waals surface area contributed by atoms with Crippen LogP contribution in [0.3, 0.4) is 0 Å². The second-order valence-corrected chi connectivity index (χ2v) is 3.37. The highest BCUT2D eigenvalue weighted by atomic mass is 19.1. The lowest BCUT2D eigenvalue weighted by Crippen LogP contribution is -2.11. The van der Waals surface area contributed by atoms with Crippen molar-refractivity contribution in [3.63, 3.8) is 0 Å². The lowest BCUT2D eigenvalue weighted by Gasteiger charge is -2.05. The van der Waals surface area contributed by atoms with Gasteiger partial charge >= 0.3 is 0 Å². The molecule has 0 radical (unpaired) electrons. The molecule has 72 valence electrons. The number of H-pyrrole nitrogens is 1. The summed E-state index contributed by atoms with van der Waals surface area (Å²) in [5, 5.41) is 1.19. The minimum Gasteiger partial charge on any atom is -0.326 e. The van der Waals surface area contributed by atoms with Crippen LogP contribution in [0.1, 0.15) is 11.3 Å². The van der Waals surface area contributed by atoms with E-state index in [1.165, 1.54) is 6.07 Å². The number of benzene rings is 1. The van der Waals surface area contributed by atoms with Crippen molar-refractivity contribution in [2.75, 3.05) is 0 Å². The molecule has 0 saturated heterocycles. The molecule has 3 heteroatoms. The van der Waals surface area contributed by atoms with Gasteiger partial charge in [0.2, 0.25) is 0 Å². The molecule has 0 amide bonds. The third-order valence-corrected chi connectivity index (χ3v) is 2.43. The summed E-state index contributed by atoms with van der Waals surface area (Å²) in [5.74, 6) is -0.339. The van der Waals surface area contributed by atoms with E-state index in [4.69, 9.17) is 0 Å². The smallest absolute Gasteiger partial charge is 0.251 e. The van der Waals surface area contributed by atoms with Gasteiger partial charge in [0, 0.05) is 22.0 Å². The average molecular weight is 191 g/mol. The molecule has 2 nitrogen and oxygen atoms in total. The fourth-order valence-corrected chi connectivity index (χ4v) is 1.66. The summed E-state index contributed by atoms with van der Waals surface area (Å²) in [4.78, 5) is 14.1. The molecule has 2 aromatic rings. The largest absolute Gasteiger partial charge is 0.326 e. The van der Waals surface area contributed by atoms with Crippen LogP contribution in [0.2, 0.25) is 0 Å². The molecule has 1 N–H and O–H groups in total. The van der Waals surface area contributed by atoms with Crippen LogP contribution in [-0.4, -0.2) is 4.98 Å². The van der Waals surface area contributed by atoms with Crippen molar-refractivity contribution in [2.24, 2.45) is 0 Å². The summed E-state index contributed by atoms with van der Waals surface area (Å²) in [5.41, 5.74) is 0.916. The topological polar surface area (TPSA) is 32.9 Å². The third kappa shape index (κ3) is 1.13. The Bertz CT molecular complexity index is 557. The van der Waals surface area contributed by atoms with Crippen molar-refractivity contribution in [1.82, 2.24) is 4.98 Å². The molecular formula is C11H10FNO. The summed E-state index contributed by atoms with van der Waals surface area (Å²) < 4.78 is 13.5.